The van der Waals surface area contributed by atoms with E-state index < -0.39 is 0 Å². The maximum atomic E-state index is 5.64. The first-order valence-electron chi connectivity index (χ1n) is 6.85. The van der Waals surface area contributed by atoms with Crippen molar-refractivity contribution in [3.8, 4) is 5.75 Å². The molecule has 1 aromatic carbocycles. The van der Waals surface area contributed by atoms with Crippen LogP contribution in [0.1, 0.15) is 31.1 Å². The number of ether oxygens (including phenoxy) is 1. The SMILES string of the molecule is CNCc1ccc(OCc2noc(CC(C)C)n2)cc1. The normalized spacial score (nSPS) is 11.0. The van der Waals surface area contributed by atoms with Gasteiger partial charge in [0, 0.05) is 13.0 Å². The van der Waals surface area contributed by atoms with Crippen LogP contribution in [-0.4, -0.2) is 17.2 Å². The van der Waals surface area contributed by atoms with Gasteiger partial charge in [-0.15, -0.1) is 0 Å². The summed E-state index contributed by atoms with van der Waals surface area (Å²) in [5.41, 5.74) is 1.22. The molecule has 0 saturated heterocycles. The number of hydrogen-bond acceptors (Lipinski definition) is 5. The molecule has 0 amide bonds. The average molecular weight is 275 g/mol. The lowest BCUT2D eigenvalue weighted by atomic mass is 10.1. The zero-order valence-electron chi connectivity index (χ0n) is 12.2. The number of aromatic nitrogens is 2. The van der Waals surface area contributed by atoms with Crippen molar-refractivity contribution in [2.75, 3.05) is 7.05 Å². The molecule has 1 N–H and O–H groups in total. The number of benzene rings is 1. The number of nitrogens with one attached hydrogen (secondary N) is 1. The van der Waals surface area contributed by atoms with E-state index >= 15 is 0 Å². The van der Waals surface area contributed by atoms with Crippen LogP contribution in [0.5, 0.6) is 5.75 Å². The van der Waals surface area contributed by atoms with Crippen LogP contribution in [-0.2, 0) is 19.6 Å². The molecule has 0 saturated carbocycles. The van der Waals surface area contributed by atoms with Crippen LogP contribution in [0.2, 0.25) is 0 Å². The van der Waals surface area contributed by atoms with E-state index in [2.05, 4.69) is 29.3 Å². The summed E-state index contributed by atoms with van der Waals surface area (Å²) in [6.07, 6.45) is 0.797. The van der Waals surface area contributed by atoms with Gasteiger partial charge in [-0.2, -0.15) is 4.98 Å². The van der Waals surface area contributed by atoms with E-state index in [9.17, 15) is 0 Å². The van der Waals surface area contributed by atoms with Gasteiger partial charge in [-0.25, -0.2) is 0 Å². The summed E-state index contributed by atoms with van der Waals surface area (Å²) in [6, 6.07) is 7.96. The van der Waals surface area contributed by atoms with Gasteiger partial charge in [0.1, 0.15) is 5.75 Å². The Labute approximate surface area is 119 Å². The molecule has 2 rings (SSSR count). The largest absolute Gasteiger partial charge is 0.485 e. The Bertz CT molecular complexity index is 520. The zero-order chi connectivity index (χ0) is 14.4. The monoisotopic (exact) mass is 275 g/mol. The van der Waals surface area contributed by atoms with E-state index in [0.29, 0.717) is 24.2 Å². The highest BCUT2D eigenvalue weighted by Crippen LogP contribution is 2.14. The smallest absolute Gasteiger partial charge is 0.227 e. The average Bonchev–Trinajstić information content (AvgIpc) is 2.85. The first kappa shape index (κ1) is 14.5. The summed E-state index contributed by atoms with van der Waals surface area (Å²) in [5.74, 6) is 2.56. The minimum atomic E-state index is 0.326. The van der Waals surface area contributed by atoms with Crippen LogP contribution in [0.15, 0.2) is 28.8 Å². The Hall–Kier alpha value is -1.88. The lowest BCUT2D eigenvalue weighted by Crippen LogP contribution is -2.04. The molecule has 0 atom stereocenters. The van der Waals surface area contributed by atoms with E-state index in [1.807, 2.05) is 31.3 Å². The van der Waals surface area contributed by atoms with Crippen LogP contribution in [0, 0.1) is 5.92 Å². The molecular weight excluding hydrogens is 254 g/mol. The minimum Gasteiger partial charge on any atom is -0.485 e. The molecule has 0 aliphatic heterocycles. The van der Waals surface area contributed by atoms with Gasteiger partial charge in [0.2, 0.25) is 11.7 Å². The fraction of sp³-hybridized carbons (Fsp3) is 0.467. The molecule has 20 heavy (non-hydrogen) atoms. The third-order valence-corrected chi connectivity index (χ3v) is 2.77. The standard InChI is InChI=1S/C15H21N3O2/c1-11(2)8-15-17-14(18-20-15)10-19-13-6-4-12(5-7-13)9-16-3/h4-7,11,16H,8-10H2,1-3H3. The van der Waals surface area contributed by atoms with Crippen molar-refractivity contribution in [3.05, 3.63) is 41.5 Å². The lowest BCUT2D eigenvalue weighted by Gasteiger charge is -2.04. The van der Waals surface area contributed by atoms with E-state index in [4.69, 9.17) is 9.26 Å². The van der Waals surface area contributed by atoms with E-state index in [1.54, 1.807) is 0 Å². The van der Waals surface area contributed by atoms with Crippen molar-refractivity contribution in [2.24, 2.45) is 5.92 Å². The van der Waals surface area contributed by atoms with Crippen LogP contribution >= 0.6 is 0 Å². The summed E-state index contributed by atoms with van der Waals surface area (Å²) in [4.78, 5) is 4.30. The highest BCUT2D eigenvalue weighted by atomic mass is 16.5. The van der Waals surface area contributed by atoms with Crippen molar-refractivity contribution in [3.63, 3.8) is 0 Å². The van der Waals surface area contributed by atoms with Gasteiger partial charge < -0.3 is 14.6 Å². The Morgan fingerprint density at radius 3 is 2.65 bits per heavy atom. The third kappa shape index (κ3) is 4.35. The predicted molar refractivity (Wildman–Crippen MR) is 76.4 cm³/mol. The zero-order valence-corrected chi connectivity index (χ0v) is 12.2. The molecule has 2 aromatic rings. The fourth-order valence-corrected chi connectivity index (χ4v) is 1.84. The van der Waals surface area contributed by atoms with Crippen LogP contribution in [0.25, 0.3) is 0 Å². The summed E-state index contributed by atoms with van der Waals surface area (Å²) in [6.45, 7) is 5.41. The molecule has 0 spiro atoms. The van der Waals surface area contributed by atoms with Gasteiger partial charge in [0.05, 0.1) is 0 Å². The van der Waals surface area contributed by atoms with Crippen LogP contribution in [0.4, 0.5) is 0 Å². The molecule has 0 aliphatic rings. The van der Waals surface area contributed by atoms with Crippen molar-refractivity contribution < 1.29 is 9.26 Å². The molecule has 5 nitrogen and oxygen atoms in total. The van der Waals surface area contributed by atoms with Gasteiger partial charge in [0.25, 0.3) is 0 Å². The van der Waals surface area contributed by atoms with Crippen molar-refractivity contribution in [1.29, 1.82) is 0 Å². The summed E-state index contributed by atoms with van der Waals surface area (Å²) in [5, 5.41) is 7.02. The van der Waals surface area contributed by atoms with Crippen molar-refractivity contribution in [2.45, 2.75) is 33.4 Å². The quantitative estimate of drug-likeness (QED) is 0.841. The highest BCUT2D eigenvalue weighted by Gasteiger charge is 2.08. The maximum absolute atomic E-state index is 5.64. The van der Waals surface area contributed by atoms with Crippen molar-refractivity contribution >= 4 is 0 Å². The second-order valence-corrected chi connectivity index (χ2v) is 5.17. The van der Waals surface area contributed by atoms with E-state index in [-0.39, 0.29) is 0 Å². The second kappa shape index (κ2) is 7.05. The predicted octanol–water partition coefficient (Wildman–Crippen LogP) is 2.57. The molecule has 1 aromatic heterocycles. The van der Waals surface area contributed by atoms with Gasteiger partial charge in [-0.1, -0.05) is 31.1 Å². The van der Waals surface area contributed by atoms with Gasteiger partial charge in [0.15, 0.2) is 6.61 Å². The maximum Gasteiger partial charge on any atom is 0.227 e. The Kier molecular flexibility index (Phi) is 5.12. The molecule has 0 unspecified atom stereocenters. The Morgan fingerprint density at radius 1 is 1.25 bits per heavy atom. The first-order chi connectivity index (χ1) is 9.67. The minimum absolute atomic E-state index is 0.326. The van der Waals surface area contributed by atoms with Gasteiger partial charge >= 0.3 is 0 Å². The molecule has 0 aliphatic carbocycles. The fourth-order valence-electron chi connectivity index (χ4n) is 1.84. The number of nitrogens with zero attached hydrogens (tertiary/aromatic N) is 2. The van der Waals surface area contributed by atoms with E-state index in [0.717, 1.165) is 18.7 Å². The number of rotatable bonds is 7. The molecule has 0 radical (unpaired) electrons. The van der Waals surface area contributed by atoms with E-state index in [1.165, 1.54) is 5.56 Å². The molecule has 1 heterocycles. The molecule has 0 bridgehead atoms. The van der Waals surface area contributed by atoms with Crippen LogP contribution < -0.4 is 10.1 Å². The molecular formula is C15H21N3O2. The number of hydrogen-bond donors (Lipinski definition) is 1. The first-order valence-corrected chi connectivity index (χ1v) is 6.85. The molecule has 108 valence electrons. The summed E-state index contributed by atoms with van der Waals surface area (Å²) < 4.78 is 10.8. The lowest BCUT2D eigenvalue weighted by molar-refractivity contribution is 0.284. The molecule has 5 heteroatoms. The van der Waals surface area contributed by atoms with Crippen molar-refractivity contribution in [1.82, 2.24) is 15.5 Å². The Balaban J connectivity index is 1.86. The van der Waals surface area contributed by atoms with Gasteiger partial charge in [-0.05, 0) is 30.7 Å². The summed E-state index contributed by atoms with van der Waals surface area (Å²) in [7, 11) is 1.93. The topological polar surface area (TPSA) is 60.2 Å². The highest BCUT2D eigenvalue weighted by molar-refractivity contribution is 5.27. The second-order valence-electron chi connectivity index (χ2n) is 5.17. The van der Waals surface area contributed by atoms with Gasteiger partial charge in [-0.3, -0.25) is 0 Å². The third-order valence-electron chi connectivity index (χ3n) is 2.77. The Morgan fingerprint density at radius 2 is 2.00 bits per heavy atom. The van der Waals surface area contributed by atoms with Crippen LogP contribution in [0.3, 0.4) is 0 Å². The molecule has 0 fully saturated rings. The summed E-state index contributed by atoms with van der Waals surface area (Å²) >= 11 is 0.